The number of benzene rings is 12. The standard InChI is InChI=1S/C62H44N2/c1-2-15-43-36-44(27-26-39(43)12-1)60-53-30-28-46(64-35-11-19-41-14-4-6-25-58(41)64)38-56(53)62(54-31-29-45(37-55(54)60)63-34-10-18-40-13-3-5-24-57(40)63)52-33-32-51-48-21-8-17-42-16-7-20-47(59(42)48)49-22-9-23-50(52)61(49)51/h1-9,12-17,20-33,36-38H,10-11,18-19,34-35H2. The molecule has 2 aliphatic heterocycles. The Morgan fingerprint density at radius 2 is 0.828 bits per heavy atom. The van der Waals surface area contributed by atoms with Crippen LogP contribution in [-0.4, -0.2) is 13.1 Å². The first kappa shape index (κ1) is 35.9. The van der Waals surface area contributed by atoms with Crippen molar-refractivity contribution >= 4 is 98.2 Å². The molecular formula is C62H44N2. The minimum absolute atomic E-state index is 0.996. The van der Waals surface area contributed by atoms with Crippen LogP contribution >= 0.6 is 0 Å². The third-order valence-corrected chi connectivity index (χ3v) is 14.8. The highest BCUT2D eigenvalue weighted by Gasteiger charge is 2.25. The van der Waals surface area contributed by atoms with E-state index in [1.165, 1.54) is 132 Å². The minimum atomic E-state index is 0.996. The summed E-state index contributed by atoms with van der Waals surface area (Å²) < 4.78 is 0. The third-order valence-electron chi connectivity index (χ3n) is 14.8. The molecule has 0 fully saturated rings. The fraction of sp³-hybridized carbons (Fsp3) is 0.0968. The molecule has 0 aromatic heterocycles. The normalized spacial score (nSPS) is 14.1. The van der Waals surface area contributed by atoms with Crippen molar-refractivity contribution in [3.05, 3.63) is 205 Å². The molecule has 2 heterocycles. The Balaban J connectivity index is 1.13. The average molecular weight is 817 g/mol. The minimum Gasteiger partial charge on any atom is -0.341 e. The first-order valence-electron chi connectivity index (χ1n) is 23.1. The van der Waals surface area contributed by atoms with Crippen molar-refractivity contribution in [3.63, 3.8) is 0 Å². The van der Waals surface area contributed by atoms with Crippen LogP contribution in [0.4, 0.5) is 22.7 Å². The third kappa shape index (κ3) is 5.26. The van der Waals surface area contributed by atoms with Crippen LogP contribution in [0.1, 0.15) is 24.0 Å². The van der Waals surface area contributed by atoms with Crippen LogP contribution in [0.25, 0.3) is 97.7 Å². The Bertz CT molecular complexity index is 3830. The lowest BCUT2D eigenvalue weighted by Gasteiger charge is -2.32. The molecular weight excluding hydrogens is 773 g/mol. The van der Waals surface area contributed by atoms with E-state index >= 15 is 0 Å². The molecule has 302 valence electrons. The van der Waals surface area contributed by atoms with Crippen molar-refractivity contribution in [2.45, 2.75) is 25.7 Å². The zero-order valence-corrected chi connectivity index (χ0v) is 35.6. The van der Waals surface area contributed by atoms with Gasteiger partial charge in [-0.05, 0) is 177 Å². The molecule has 0 aliphatic carbocycles. The largest absolute Gasteiger partial charge is 0.341 e. The lowest BCUT2D eigenvalue weighted by Crippen LogP contribution is -2.24. The highest BCUT2D eigenvalue weighted by Crippen LogP contribution is 2.51. The number of nitrogens with zero attached hydrogens (tertiary/aromatic N) is 2. The fourth-order valence-electron chi connectivity index (χ4n) is 12.0. The molecule has 0 atom stereocenters. The maximum atomic E-state index is 2.56. The summed E-state index contributed by atoms with van der Waals surface area (Å²) in [5.74, 6) is 0. The average Bonchev–Trinajstić information content (AvgIpc) is 3.36. The van der Waals surface area contributed by atoms with Crippen LogP contribution < -0.4 is 9.80 Å². The van der Waals surface area contributed by atoms with E-state index < -0.39 is 0 Å². The molecule has 2 aliphatic rings. The van der Waals surface area contributed by atoms with Gasteiger partial charge in [0.05, 0.1) is 0 Å². The predicted octanol–water partition coefficient (Wildman–Crippen LogP) is 16.7. The van der Waals surface area contributed by atoms with Gasteiger partial charge in [-0.2, -0.15) is 0 Å². The second-order valence-electron chi connectivity index (χ2n) is 18.1. The molecule has 14 rings (SSSR count). The molecule has 12 aromatic rings. The fourth-order valence-corrected chi connectivity index (χ4v) is 12.0. The number of para-hydroxylation sites is 2. The molecule has 0 saturated carbocycles. The summed E-state index contributed by atoms with van der Waals surface area (Å²) in [6, 6.07) is 74.1. The van der Waals surface area contributed by atoms with E-state index in [1.54, 1.807) is 0 Å². The van der Waals surface area contributed by atoms with Crippen molar-refractivity contribution in [2.75, 3.05) is 22.9 Å². The molecule has 0 spiro atoms. The van der Waals surface area contributed by atoms with Crippen LogP contribution in [-0.2, 0) is 12.8 Å². The maximum Gasteiger partial charge on any atom is 0.0443 e. The van der Waals surface area contributed by atoms with Gasteiger partial charge in [-0.3, -0.25) is 0 Å². The highest BCUT2D eigenvalue weighted by atomic mass is 15.1. The van der Waals surface area contributed by atoms with Gasteiger partial charge in [-0.1, -0.05) is 152 Å². The van der Waals surface area contributed by atoms with Gasteiger partial charge in [-0.25, -0.2) is 0 Å². The lowest BCUT2D eigenvalue weighted by molar-refractivity contribution is 0.767. The molecule has 2 heteroatoms. The Morgan fingerprint density at radius 3 is 1.52 bits per heavy atom. The van der Waals surface area contributed by atoms with Crippen LogP contribution in [0.5, 0.6) is 0 Å². The van der Waals surface area contributed by atoms with E-state index in [1.807, 2.05) is 0 Å². The van der Waals surface area contributed by atoms with Crippen LogP contribution in [0, 0.1) is 0 Å². The van der Waals surface area contributed by atoms with Gasteiger partial charge in [-0.15, -0.1) is 0 Å². The van der Waals surface area contributed by atoms with Gasteiger partial charge < -0.3 is 9.80 Å². The molecule has 0 unspecified atom stereocenters. The smallest absolute Gasteiger partial charge is 0.0443 e. The van der Waals surface area contributed by atoms with E-state index in [0.29, 0.717) is 0 Å². The van der Waals surface area contributed by atoms with Crippen molar-refractivity contribution in [2.24, 2.45) is 0 Å². The zero-order valence-electron chi connectivity index (χ0n) is 35.6. The summed E-state index contributed by atoms with van der Waals surface area (Å²) in [5, 5.41) is 18.2. The Kier molecular flexibility index (Phi) is 7.80. The molecule has 64 heavy (non-hydrogen) atoms. The van der Waals surface area contributed by atoms with Gasteiger partial charge in [0.1, 0.15) is 0 Å². The molecule has 0 radical (unpaired) electrons. The number of anilines is 4. The van der Waals surface area contributed by atoms with Gasteiger partial charge in [0.15, 0.2) is 0 Å². The number of hydrogen-bond donors (Lipinski definition) is 0. The summed E-state index contributed by atoms with van der Waals surface area (Å²) in [6.45, 7) is 1.99. The Labute approximate surface area is 372 Å². The highest BCUT2D eigenvalue weighted by molar-refractivity contribution is 6.35. The van der Waals surface area contributed by atoms with E-state index in [2.05, 4.69) is 204 Å². The first-order valence-corrected chi connectivity index (χ1v) is 23.1. The van der Waals surface area contributed by atoms with Gasteiger partial charge in [0.25, 0.3) is 0 Å². The zero-order chi connectivity index (χ0) is 41.9. The van der Waals surface area contributed by atoms with E-state index in [9.17, 15) is 0 Å². The predicted molar refractivity (Wildman–Crippen MR) is 275 cm³/mol. The van der Waals surface area contributed by atoms with Crippen LogP contribution in [0.2, 0.25) is 0 Å². The Morgan fingerprint density at radius 1 is 0.312 bits per heavy atom. The molecule has 12 aromatic carbocycles. The van der Waals surface area contributed by atoms with E-state index in [0.717, 1.165) is 38.8 Å². The van der Waals surface area contributed by atoms with Gasteiger partial charge >= 0.3 is 0 Å². The summed E-state index contributed by atoms with van der Waals surface area (Å²) in [6.07, 6.45) is 4.50. The SMILES string of the molecule is c1ccc2c(c1)CCCN2c1ccc2c(-c3ccc4c5cccc6cccc(c7cccc3c74)c65)c3cc(N4CCCc5ccccc54)ccc3c(-c3ccc4ccccc4c3)c2c1. The van der Waals surface area contributed by atoms with Crippen molar-refractivity contribution in [1.82, 2.24) is 0 Å². The summed E-state index contributed by atoms with van der Waals surface area (Å²) >= 11 is 0. The number of rotatable bonds is 4. The lowest BCUT2D eigenvalue weighted by atomic mass is 9.82. The number of fused-ring (bicyclic) bond motifs is 7. The second kappa shape index (κ2) is 13.9. The first-order chi connectivity index (χ1) is 31.7. The molecule has 0 bridgehead atoms. The topological polar surface area (TPSA) is 6.48 Å². The summed E-state index contributed by atoms with van der Waals surface area (Å²) in [4.78, 5) is 5.12. The molecule has 0 saturated heterocycles. The second-order valence-corrected chi connectivity index (χ2v) is 18.1. The van der Waals surface area contributed by atoms with Gasteiger partial charge in [0, 0.05) is 35.8 Å². The molecule has 0 amide bonds. The molecule has 2 nitrogen and oxygen atoms in total. The van der Waals surface area contributed by atoms with E-state index in [4.69, 9.17) is 0 Å². The van der Waals surface area contributed by atoms with Crippen molar-refractivity contribution in [3.8, 4) is 22.3 Å². The molecule has 0 N–H and O–H groups in total. The summed E-state index contributed by atoms with van der Waals surface area (Å²) in [7, 11) is 0. The maximum absolute atomic E-state index is 2.56. The quantitative estimate of drug-likeness (QED) is 0.129. The van der Waals surface area contributed by atoms with E-state index in [-0.39, 0.29) is 0 Å². The number of hydrogen-bond acceptors (Lipinski definition) is 2. The van der Waals surface area contributed by atoms with Gasteiger partial charge in [0.2, 0.25) is 0 Å². The monoisotopic (exact) mass is 816 g/mol. The van der Waals surface area contributed by atoms with Crippen molar-refractivity contribution in [1.29, 1.82) is 0 Å². The van der Waals surface area contributed by atoms with Crippen LogP contribution in [0.3, 0.4) is 0 Å². The Hall–Kier alpha value is -7.68. The van der Waals surface area contributed by atoms with Crippen LogP contribution in [0.15, 0.2) is 194 Å². The number of aryl methyl sites for hydroxylation is 2. The van der Waals surface area contributed by atoms with Crippen molar-refractivity contribution < 1.29 is 0 Å². The summed E-state index contributed by atoms with van der Waals surface area (Å²) in [5.41, 5.74) is 13.1.